The van der Waals surface area contributed by atoms with Gasteiger partial charge in [-0.15, -0.1) is 0 Å². The highest BCUT2D eigenvalue weighted by Gasteiger charge is 2.20. The second-order valence-electron chi connectivity index (χ2n) is 5.27. The van der Waals surface area contributed by atoms with Crippen LogP contribution in [0.3, 0.4) is 0 Å². The minimum atomic E-state index is -3.86. The Labute approximate surface area is 156 Å². The van der Waals surface area contributed by atoms with Crippen molar-refractivity contribution in [3.63, 3.8) is 0 Å². The highest BCUT2D eigenvalue weighted by Crippen LogP contribution is 2.33. The highest BCUT2D eigenvalue weighted by molar-refractivity contribution is 7.93. The molecule has 0 bridgehead atoms. The molecule has 25 heavy (non-hydrogen) atoms. The molecular weight excluding hydrogens is 381 g/mol. The highest BCUT2D eigenvalue weighted by atomic mass is 35.5. The molecule has 0 heterocycles. The van der Waals surface area contributed by atoms with Crippen LogP contribution < -0.4 is 9.46 Å². The number of ether oxygens (including phenoxy) is 1. The second kappa shape index (κ2) is 7.12. The number of rotatable bonds is 5. The number of anilines is 1. The van der Waals surface area contributed by atoms with Crippen molar-refractivity contribution in [3.8, 4) is 5.75 Å². The summed E-state index contributed by atoms with van der Waals surface area (Å²) in [5.41, 5.74) is 0.229. The zero-order valence-corrected chi connectivity index (χ0v) is 15.6. The van der Waals surface area contributed by atoms with Gasteiger partial charge < -0.3 is 4.74 Å². The molecule has 0 fully saturated rings. The summed E-state index contributed by atoms with van der Waals surface area (Å²) in [4.78, 5) is 0.141. The fourth-order valence-electron chi connectivity index (χ4n) is 2.53. The predicted octanol–water partition coefficient (Wildman–Crippen LogP) is 5.35. The van der Waals surface area contributed by atoms with Gasteiger partial charge in [0.1, 0.15) is 5.75 Å². The molecule has 0 unspecified atom stereocenters. The molecule has 0 atom stereocenters. The van der Waals surface area contributed by atoms with Crippen LogP contribution in [0.5, 0.6) is 5.75 Å². The first-order valence-corrected chi connectivity index (χ1v) is 9.78. The molecule has 3 rings (SSSR count). The third-order valence-electron chi connectivity index (χ3n) is 3.61. The minimum Gasteiger partial charge on any atom is -0.493 e. The number of benzene rings is 3. The van der Waals surface area contributed by atoms with Gasteiger partial charge in [0.05, 0.1) is 22.2 Å². The molecule has 7 heteroatoms. The Morgan fingerprint density at radius 3 is 2.44 bits per heavy atom. The van der Waals surface area contributed by atoms with Crippen LogP contribution in [0, 0.1) is 0 Å². The van der Waals surface area contributed by atoms with E-state index < -0.39 is 10.0 Å². The van der Waals surface area contributed by atoms with Crippen LogP contribution in [-0.2, 0) is 10.0 Å². The molecule has 130 valence electrons. The Kier molecular flexibility index (Phi) is 5.08. The summed E-state index contributed by atoms with van der Waals surface area (Å²) < 4.78 is 33.9. The van der Waals surface area contributed by atoms with Gasteiger partial charge in [0.2, 0.25) is 0 Å². The molecule has 0 aliphatic rings. The summed E-state index contributed by atoms with van der Waals surface area (Å²) in [6, 6.07) is 15.0. The van der Waals surface area contributed by atoms with Gasteiger partial charge in [0.25, 0.3) is 10.0 Å². The van der Waals surface area contributed by atoms with Crippen molar-refractivity contribution >= 4 is 49.7 Å². The van der Waals surface area contributed by atoms with E-state index in [1.165, 1.54) is 18.2 Å². The SMILES string of the molecule is CCOc1ccc(S(=O)(=O)Nc2cc(Cl)ccc2Cl)c2ccccc12. The molecule has 3 aromatic rings. The summed E-state index contributed by atoms with van der Waals surface area (Å²) in [7, 11) is -3.86. The number of fused-ring (bicyclic) bond motifs is 1. The van der Waals surface area contributed by atoms with Crippen molar-refractivity contribution in [1.29, 1.82) is 0 Å². The van der Waals surface area contributed by atoms with Gasteiger partial charge in [-0.3, -0.25) is 4.72 Å². The largest absolute Gasteiger partial charge is 0.493 e. The second-order valence-corrected chi connectivity index (χ2v) is 7.76. The van der Waals surface area contributed by atoms with E-state index in [0.717, 1.165) is 5.39 Å². The lowest BCUT2D eigenvalue weighted by Gasteiger charge is -2.14. The van der Waals surface area contributed by atoms with Crippen LogP contribution in [-0.4, -0.2) is 15.0 Å². The number of nitrogens with one attached hydrogen (secondary N) is 1. The maximum absolute atomic E-state index is 12.9. The molecule has 0 spiro atoms. The smallest absolute Gasteiger partial charge is 0.262 e. The Morgan fingerprint density at radius 1 is 1.00 bits per heavy atom. The lowest BCUT2D eigenvalue weighted by Crippen LogP contribution is -2.14. The van der Waals surface area contributed by atoms with Crippen molar-refractivity contribution in [1.82, 2.24) is 0 Å². The number of halogens is 2. The average molecular weight is 396 g/mol. The van der Waals surface area contributed by atoms with Crippen molar-refractivity contribution < 1.29 is 13.2 Å². The summed E-state index contributed by atoms with van der Waals surface area (Å²) in [6.07, 6.45) is 0. The first-order chi connectivity index (χ1) is 11.9. The minimum absolute atomic E-state index is 0.141. The first kappa shape index (κ1) is 17.9. The van der Waals surface area contributed by atoms with E-state index in [-0.39, 0.29) is 15.6 Å². The Balaban J connectivity index is 2.12. The summed E-state index contributed by atoms with van der Waals surface area (Å²) in [6.45, 7) is 2.37. The van der Waals surface area contributed by atoms with Gasteiger partial charge >= 0.3 is 0 Å². The number of hydrogen-bond donors (Lipinski definition) is 1. The molecule has 1 N–H and O–H groups in total. The van der Waals surface area contributed by atoms with E-state index in [1.54, 1.807) is 24.3 Å². The molecule has 3 aromatic carbocycles. The maximum atomic E-state index is 12.9. The van der Waals surface area contributed by atoms with Crippen LogP contribution in [0.4, 0.5) is 5.69 Å². The molecule has 0 aromatic heterocycles. The van der Waals surface area contributed by atoms with Crippen LogP contribution in [0.1, 0.15) is 6.92 Å². The third kappa shape index (κ3) is 3.68. The molecule has 0 saturated carbocycles. The molecule has 0 aliphatic heterocycles. The maximum Gasteiger partial charge on any atom is 0.262 e. The predicted molar refractivity (Wildman–Crippen MR) is 102 cm³/mol. The molecule has 0 radical (unpaired) electrons. The lowest BCUT2D eigenvalue weighted by molar-refractivity contribution is 0.344. The van der Waals surface area contributed by atoms with E-state index >= 15 is 0 Å². The molecule has 0 amide bonds. The molecular formula is C18H15Cl2NO3S. The Morgan fingerprint density at radius 2 is 1.72 bits per heavy atom. The lowest BCUT2D eigenvalue weighted by atomic mass is 10.1. The Bertz CT molecular complexity index is 1040. The zero-order chi connectivity index (χ0) is 18.0. The van der Waals surface area contributed by atoms with Crippen LogP contribution in [0.25, 0.3) is 10.8 Å². The first-order valence-electron chi connectivity index (χ1n) is 7.55. The van der Waals surface area contributed by atoms with Gasteiger partial charge in [0.15, 0.2) is 0 Å². The average Bonchev–Trinajstić information content (AvgIpc) is 2.58. The van der Waals surface area contributed by atoms with Gasteiger partial charge in [-0.1, -0.05) is 47.5 Å². The van der Waals surface area contributed by atoms with Crippen molar-refractivity contribution in [2.45, 2.75) is 11.8 Å². The van der Waals surface area contributed by atoms with E-state index in [4.69, 9.17) is 27.9 Å². The van der Waals surface area contributed by atoms with Crippen LogP contribution >= 0.6 is 23.2 Å². The van der Waals surface area contributed by atoms with Gasteiger partial charge in [0, 0.05) is 15.8 Å². The van der Waals surface area contributed by atoms with Crippen molar-refractivity contribution in [2.75, 3.05) is 11.3 Å². The van der Waals surface area contributed by atoms with Gasteiger partial charge in [-0.05, 0) is 37.3 Å². The summed E-state index contributed by atoms with van der Waals surface area (Å²) in [5, 5.41) is 1.95. The van der Waals surface area contributed by atoms with E-state index in [9.17, 15) is 8.42 Å². The summed E-state index contributed by atoms with van der Waals surface area (Å²) >= 11 is 12.0. The van der Waals surface area contributed by atoms with Crippen LogP contribution in [0.2, 0.25) is 10.0 Å². The fourth-order valence-corrected chi connectivity index (χ4v) is 4.21. The van der Waals surface area contributed by atoms with E-state index in [0.29, 0.717) is 22.8 Å². The zero-order valence-electron chi connectivity index (χ0n) is 13.3. The Hall–Kier alpha value is -1.95. The normalized spacial score (nSPS) is 11.5. The van der Waals surface area contributed by atoms with Crippen molar-refractivity contribution in [2.24, 2.45) is 0 Å². The topological polar surface area (TPSA) is 55.4 Å². The van der Waals surface area contributed by atoms with E-state index in [2.05, 4.69) is 4.72 Å². The van der Waals surface area contributed by atoms with Gasteiger partial charge in [-0.25, -0.2) is 8.42 Å². The molecule has 0 aliphatic carbocycles. The quantitative estimate of drug-likeness (QED) is 0.633. The summed E-state index contributed by atoms with van der Waals surface area (Å²) in [5.74, 6) is 0.637. The number of hydrogen-bond acceptors (Lipinski definition) is 3. The van der Waals surface area contributed by atoms with Crippen molar-refractivity contribution in [3.05, 3.63) is 64.6 Å². The molecule has 0 saturated heterocycles. The van der Waals surface area contributed by atoms with E-state index in [1.807, 2.05) is 19.1 Å². The standard InChI is InChI=1S/C18H15Cl2NO3S/c1-2-24-17-9-10-18(14-6-4-3-5-13(14)17)25(22,23)21-16-11-12(19)7-8-15(16)20/h3-11,21H,2H2,1H3. The monoisotopic (exact) mass is 395 g/mol. The third-order valence-corrected chi connectivity index (χ3v) is 5.59. The van der Waals surface area contributed by atoms with Gasteiger partial charge in [-0.2, -0.15) is 0 Å². The van der Waals surface area contributed by atoms with Crippen LogP contribution in [0.15, 0.2) is 59.5 Å². The molecule has 4 nitrogen and oxygen atoms in total. The fraction of sp³-hybridized carbons (Fsp3) is 0.111. The number of sulfonamides is 1.